The fraction of sp³-hybridized carbons (Fsp3) is 1.00. The van der Waals surface area contributed by atoms with E-state index in [1.165, 1.54) is 32.1 Å². The molecule has 0 aromatic rings. The summed E-state index contributed by atoms with van der Waals surface area (Å²) in [6, 6.07) is 0. The summed E-state index contributed by atoms with van der Waals surface area (Å²) in [5, 5.41) is 3.53. The van der Waals surface area contributed by atoms with Crippen LogP contribution in [-0.4, -0.2) is 24.8 Å². The van der Waals surface area contributed by atoms with Gasteiger partial charge in [0.15, 0.2) is 0 Å². The number of ether oxygens (including phenoxy) is 1. The van der Waals surface area contributed by atoms with Crippen molar-refractivity contribution in [3.05, 3.63) is 0 Å². The first-order valence-corrected chi connectivity index (χ1v) is 6.15. The Kier molecular flexibility index (Phi) is 3.13. The van der Waals surface area contributed by atoms with E-state index < -0.39 is 0 Å². The molecule has 1 saturated carbocycles. The van der Waals surface area contributed by atoms with Crippen LogP contribution in [0.1, 0.15) is 46.0 Å². The van der Waals surface area contributed by atoms with Crippen molar-refractivity contribution in [2.24, 2.45) is 5.92 Å². The van der Waals surface area contributed by atoms with Gasteiger partial charge in [0.2, 0.25) is 0 Å². The van der Waals surface area contributed by atoms with Gasteiger partial charge in [-0.1, -0.05) is 26.2 Å². The molecular formula is C12H23NO. The molecule has 3 atom stereocenters. The molecule has 3 unspecified atom stereocenters. The number of hydrogen-bond acceptors (Lipinski definition) is 2. The van der Waals surface area contributed by atoms with Crippen molar-refractivity contribution in [3.63, 3.8) is 0 Å². The average molecular weight is 197 g/mol. The molecule has 1 aliphatic carbocycles. The predicted octanol–water partition coefficient (Wildman–Crippen LogP) is 2.33. The predicted molar refractivity (Wildman–Crippen MR) is 58.4 cm³/mol. The van der Waals surface area contributed by atoms with Crippen LogP contribution < -0.4 is 5.32 Å². The van der Waals surface area contributed by atoms with Crippen LogP contribution in [0.4, 0.5) is 0 Å². The molecule has 0 amide bonds. The third-order valence-corrected chi connectivity index (χ3v) is 3.93. The fourth-order valence-corrected chi connectivity index (χ4v) is 3.22. The van der Waals surface area contributed by atoms with Crippen molar-refractivity contribution in [2.45, 2.75) is 57.7 Å². The second-order valence-electron chi connectivity index (χ2n) is 4.98. The Morgan fingerprint density at radius 1 is 1.43 bits per heavy atom. The molecule has 2 fully saturated rings. The van der Waals surface area contributed by atoms with Gasteiger partial charge in [0.05, 0.1) is 11.7 Å². The van der Waals surface area contributed by atoms with Gasteiger partial charge in [-0.2, -0.15) is 0 Å². The van der Waals surface area contributed by atoms with Crippen LogP contribution in [0.5, 0.6) is 0 Å². The topological polar surface area (TPSA) is 21.3 Å². The Morgan fingerprint density at radius 2 is 2.29 bits per heavy atom. The monoisotopic (exact) mass is 197 g/mol. The van der Waals surface area contributed by atoms with Gasteiger partial charge in [-0.05, 0) is 25.7 Å². The average Bonchev–Trinajstić information content (AvgIpc) is 2.18. The van der Waals surface area contributed by atoms with Crippen LogP contribution >= 0.6 is 0 Å². The maximum atomic E-state index is 6.26. The van der Waals surface area contributed by atoms with E-state index in [9.17, 15) is 0 Å². The van der Waals surface area contributed by atoms with Crippen molar-refractivity contribution in [3.8, 4) is 0 Å². The number of nitrogens with one attached hydrogen (secondary N) is 1. The van der Waals surface area contributed by atoms with Crippen LogP contribution in [0.15, 0.2) is 0 Å². The molecule has 1 aliphatic heterocycles. The Balaban J connectivity index is 2.09. The maximum absolute atomic E-state index is 6.26. The highest BCUT2D eigenvalue weighted by Crippen LogP contribution is 2.40. The third kappa shape index (κ3) is 1.82. The van der Waals surface area contributed by atoms with E-state index in [-0.39, 0.29) is 5.60 Å². The highest BCUT2D eigenvalue weighted by Gasteiger charge is 2.43. The van der Waals surface area contributed by atoms with E-state index in [1.807, 2.05) is 0 Å². The standard InChI is InChI=1S/C12H23NO/c1-3-11-6-4-5-7-12(11)9-13-8-10(2)14-12/h10-11,13H,3-9H2,1-2H3. The van der Waals surface area contributed by atoms with Crippen molar-refractivity contribution < 1.29 is 4.74 Å². The lowest BCUT2D eigenvalue weighted by Gasteiger charge is -2.48. The Labute approximate surface area is 87.4 Å². The van der Waals surface area contributed by atoms with Crippen LogP contribution in [-0.2, 0) is 4.74 Å². The van der Waals surface area contributed by atoms with Gasteiger partial charge in [-0.25, -0.2) is 0 Å². The molecular weight excluding hydrogens is 174 g/mol. The minimum absolute atomic E-state index is 0.185. The Morgan fingerprint density at radius 3 is 3.00 bits per heavy atom. The molecule has 0 aromatic heterocycles. The molecule has 1 N–H and O–H groups in total. The summed E-state index contributed by atoms with van der Waals surface area (Å²) in [4.78, 5) is 0. The van der Waals surface area contributed by atoms with Crippen molar-refractivity contribution in [2.75, 3.05) is 13.1 Å². The van der Waals surface area contributed by atoms with E-state index in [0.717, 1.165) is 19.0 Å². The second-order valence-corrected chi connectivity index (χ2v) is 4.98. The molecule has 2 nitrogen and oxygen atoms in total. The largest absolute Gasteiger partial charge is 0.369 e. The molecule has 2 heteroatoms. The summed E-state index contributed by atoms with van der Waals surface area (Å²) < 4.78 is 6.26. The zero-order valence-electron chi connectivity index (χ0n) is 9.51. The van der Waals surface area contributed by atoms with Crippen LogP contribution in [0.3, 0.4) is 0 Å². The molecule has 2 rings (SSSR count). The SMILES string of the molecule is CCC1CCCCC12CNCC(C)O2. The first kappa shape index (κ1) is 10.4. The lowest BCUT2D eigenvalue weighted by atomic mass is 9.73. The molecule has 1 spiro atoms. The molecule has 14 heavy (non-hydrogen) atoms. The van der Waals surface area contributed by atoms with Gasteiger partial charge >= 0.3 is 0 Å². The normalized spacial score (nSPS) is 44.1. The zero-order valence-corrected chi connectivity index (χ0v) is 9.51. The molecule has 2 aliphatic rings. The van der Waals surface area contributed by atoms with Crippen molar-refractivity contribution >= 4 is 0 Å². The Bertz CT molecular complexity index is 191. The fourth-order valence-electron chi connectivity index (χ4n) is 3.22. The highest BCUT2D eigenvalue weighted by molar-refractivity contribution is 4.96. The summed E-state index contributed by atoms with van der Waals surface area (Å²) in [6.45, 7) is 6.60. The third-order valence-electron chi connectivity index (χ3n) is 3.93. The molecule has 0 aromatic carbocycles. The van der Waals surface area contributed by atoms with E-state index in [4.69, 9.17) is 4.74 Å². The van der Waals surface area contributed by atoms with Gasteiger partial charge in [-0.15, -0.1) is 0 Å². The number of hydrogen-bond donors (Lipinski definition) is 1. The molecule has 0 radical (unpaired) electrons. The molecule has 1 heterocycles. The van der Waals surface area contributed by atoms with Crippen LogP contribution in [0.25, 0.3) is 0 Å². The first-order valence-electron chi connectivity index (χ1n) is 6.15. The summed E-state index contributed by atoms with van der Waals surface area (Å²) in [7, 11) is 0. The molecule has 82 valence electrons. The maximum Gasteiger partial charge on any atom is 0.0838 e. The van der Waals surface area contributed by atoms with Crippen molar-refractivity contribution in [1.82, 2.24) is 5.32 Å². The van der Waals surface area contributed by atoms with E-state index in [2.05, 4.69) is 19.2 Å². The highest BCUT2D eigenvalue weighted by atomic mass is 16.5. The first-order chi connectivity index (χ1) is 6.77. The second kappa shape index (κ2) is 4.19. The zero-order chi connectivity index (χ0) is 10.0. The van der Waals surface area contributed by atoms with Gasteiger partial charge in [-0.3, -0.25) is 0 Å². The van der Waals surface area contributed by atoms with Gasteiger partial charge in [0, 0.05) is 13.1 Å². The molecule has 1 saturated heterocycles. The van der Waals surface area contributed by atoms with E-state index in [1.54, 1.807) is 0 Å². The van der Waals surface area contributed by atoms with Crippen molar-refractivity contribution in [1.29, 1.82) is 0 Å². The summed E-state index contributed by atoms with van der Waals surface area (Å²) >= 11 is 0. The quantitative estimate of drug-likeness (QED) is 0.696. The Hall–Kier alpha value is -0.0800. The smallest absolute Gasteiger partial charge is 0.0838 e. The lowest BCUT2D eigenvalue weighted by molar-refractivity contribution is -0.158. The summed E-state index contributed by atoms with van der Waals surface area (Å²) in [5.74, 6) is 0.784. The summed E-state index contributed by atoms with van der Waals surface area (Å²) in [6.07, 6.45) is 7.06. The van der Waals surface area contributed by atoms with Gasteiger partial charge < -0.3 is 10.1 Å². The lowest BCUT2D eigenvalue weighted by Crippen LogP contribution is -2.58. The number of rotatable bonds is 1. The minimum atomic E-state index is 0.185. The minimum Gasteiger partial charge on any atom is -0.369 e. The van der Waals surface area contributed by atoms with Gasteiger partial charge in [0.1, 0.15) is 0 Å². The summed E-state index contributed by atoms with van der Waals surface area (Å²) in [5.41, 5.74) is 0.185. The van der Waals surface area contributed by atoms with E-state index >= 15 is 0 Å². The van der Waals surface area contributed by atoms with Gasteiger partial charge in [0.25, 0.3) is 0 Å². The van der Waals surface area contributed by atoms with E-state index in [0.29, 0.717) is 6.10 Å². The number of morpholine rings is 1. The molecule has 0 bridgehead atoms. The van der Waals surface area contributed by atoms with Crippen LogP contribution in [0, 0.1) is 5.92 Å². The van der Waals surface area contributed by atoms with Crippen LogP contribution in [0.2, 0.25) is 0 Å².